The molecule has 0 saturated carbocycles. The normalized spacial score (nSPS) is 18.8. The summed E-state index contributed by atoms with van der Waals surface area (Å²) in [4.78, 5) is 23.3. The molecule has 1 saturated heterocycles. The lowest BCUT2D eigenvalue weighted by molar-refractivity contribution is 0.451. The highest BCUT2D eigenvalue weighted by Gasteiger charge is 2.34. The van der Waals surface area contributed by atoms with E-state index >= 15 is 0 Å². The van der Waals surface area contributed by atoms with Gasteiger partial charge in [-0.15, -0.1) is 0 Å². The fourth-order valence-corrected chi connectivity index (χ4v) is 4.88. The summed E-state index contributed by atoms with van der Waals surface area (Å²) in [6.07, 6.45) is 3.47. The Hall–Kier alpha value is -2.52. The molecule has 1 aliphatic heterocycles. The van der Waals surface area contributed by atoms with Crippen molar-refractivity contribution in [2.75, 3.05) is 13.1 Å². The van der Waals surface area contributed by atoms with E-state index in [-0.39, 0.29) is 23.2 Å². The first-order valence-electron chi connectivity index (χ1n) is 7.94. The average Bonchev–Trinajstić information content (AvgIpc) is 3.18. The van der Waals surface area contributed by atoms with Gasteiger partial charge in [0.1, 0.15) is 11.8 Å². The summed E-state index contributed by atoms with van der Waals surface area (Å²) >= 11 is 0. The lowest BCUT2D eigenvalue weighted by Gasteiger charge is -2.17. The van der Waals surface area contributed by atoms with E-state index in [4.69, 9.17) is 0 Å². The quantitative estimate of drug-likeness (QED) is 0.754. The summed E-state index contributed by atoms with van der Waals surface area (Å²) in [7, 11) is -3.58. The van der Waals surface area contributed by atoms with Gasteiger partial charge in [-0.3, -0.25) is 4.57 Å². The minimum Gasteiger partial charge on any atom is -0.303 e. The summed E-state index contributed by atoms with van der Waals surface area (Å²) in [5.74, 6) is 0. The zero-order chi connectivity index (χ0) is 17.6. The molecule has 25 heavy (non-hydrogen) atoms. The van der Waals surface area contributed by atoms with Crippen molar-refractivity contribution in [1.82, 2.24) is 23.8 Å². The number of hydrogen-bond acceptors (Lipinski definition) is 5. The molecule has 0 amide bonds. The number of rotatable bonds is 3. The Labute approximate surface area is 144 Å². The maximum atomic E-state index is 12.9. The molecule has 1 aliphatic rings. The molecule has 0 aliphatic carbocycles. The van der Waals surface area contributed by atoms with Crippen LogP contribution in [-0.2, 0) is 10.0 Å². The van der Waals surface area contributed by atoms with Crippen LogP contribution in [0.4, 0.5) is 0 Å². The zero-order valence-corrected chi connectivity index (χ0v) is 14.4. The van der Waals surface area contributed by atoms with E-state index in [2.05, 4.69) is 15.0 Å². The Morgan fingerprint density at radius 2 is 2.16 bits per heavy atom. The van der Waals surface area contributed by atoms with Crippen LogP contribution in [0.5, 0.6) is 0 Å². The Balaban J connectivity index is 1.67. The molecule has 0 radical (unpaired) electrons. The summed E-state index contributed by atoms with van der Waals surface area (Å²) in [5.41, 5.74) is 1.64. The number of aryl methyl sites for hydroxylation is 1. The summed E-state index contributed by atoms with van der Waals surface area (Å²) in [5, 5.41) is 0. The van der Waals surface area contributed by atoms with Crippen LogP contribution >= 0.6 is 0 Å². The van der Waals surface area contributed by atoms with Crippen LogP contribution in [-0.4, -0.2) is 45.3 Å². The van der Waals surface area contributed by atoms with Gasteiger partial charge < -0.3 is 4.98 Å². The number of aromatic amines is 1. The van der Waals surface area contributed by atoms with Crippen molar-refractivity contribution in [2.45, 2.75) is 24.3 Å². The first kappa shape index (κ1) is 16.0. The second-order valence-corrected chi connectivity index (χ2v) is 8.12. The minimum absolute atomic E-state index is 0.243. The Morgan fingerprint density at radius 1 is 1.32 bits per heavy atom. The van der Waals surface area contributed by atoms with Crippen LogP contribution in [0, 0.1) is 6.92 Å². The molecular formula is C16H17N5O3S. The third kappa shape index (κ3) is 2.65. The number of fused-ring (bicyclic) bond motifs is 1. The van der Waals surface area contributed by atoms with Crippen LogP contribution in [0.1, 0.15) is 18.0 Å². The first-order valence-corrected chi connectivity index (χ1v) is 9.38. The van der Waals surface area contributed by atoms with E-state index in [1.807, 2.05) is 13.0 Å². The SMILES string of the molecule is Cc1cccc(S(=O)(=O)N2CCC(n3c(=O)[nH]c4cncnc43)C2)c1. The van der Waals surface area contributed by atoms with Crippen molar-refractivity contribution in [3.05, 3.63) is 52.8 Å². The van der Waals surface area contributed by atoms with E-state index in [0.717, 1.165) is 5.56 Å². The van der Waals surface area contributed by atoms with Gasteiger partial charge in [0.15, 0.2) is 5.65 Å². The van der Waals surface area contributed by atoms with Gasteiger partial charge in [-0.2, -0.15) is 4.31 Å². The topological polar surface area (TPSA) is 101 Å². The number of H-pyrrole nitrogens is 1. The minimum atomic E-state index is -3.58. The van der Waals surface area contributed by atoms with Gasteiger partial charge in [0, 0.05) is 13.1 Å². The van der Waals surface area contributed by atoms with Gasteiger partial charge in [-0.1, -0.05) is 12.1 Å². The van der Waals surface area contributed by atoms with Gasteiger partial charge in [0.25, 0.3) is 0 Å². The van der Waals surface area contributed by atoms with E-state index in [0.29, 0.717) is 24.1 Å². The van der Waals surface area contributed by atoms with Gasteiger partial charge in [-0.05, 0) is 31.0 Å². The number of hydrogen-bond donors (Lipinski definition) is 1. The van der Waals surface area contributed by atoms with Crippen molar-refractivity contribution < 1.29 is 8.42 Å². The van der Waals surface area contributed by atoms with Gasteiger partial charge in [-0.25, -0.2) is 23.2 Å². The molecule has 1 unspecified atom stereocenters. The van der Waals surface area contributed by atoms with Crippen LogP contribution in [0.3, 0.4) is 0 Å². The highest BCUT2D eigenvalue weighted by Crippen LogP contribution is 2.28. The molecule has 3 heterocycles. The highest BCUT2D eigenvalue weighted by molar-refractivity contribution is 7.89. The average molecular weight is 359 g/mol. The lowest BCUT2D eigenvalue weighted by Crippen LogP contribution is -2.31. The smallest absolute Gasteiger partial charge is 0.303 e. The molecule has 1 aromatic carbocycles. The highest BCUT2D eigenvalue weighted by atomic mass is 32.2. The van der Waals surface area contributed by atoms with Crippen molar-refractivity contribution in [2.24, 2.45) is 0 Å². The van der Waals surface area contributed by atoms with E-state index in [1.54, 1.807) is 18.2 Å². The molecule has 0 bridgehead atoms. The van der Waals surface area contributed by atoms with Crippen LogP contribution in [0.2, 0.25) is 0 Å². The zero-order valence-electron chi connectivity index (χ0n) is 13.6. The Kier molecular flexibility index (Phi) is 3.69. The summed E-state index contributed by atoms with van der Waals surface area (Å²) < 4.78 is 28.7. The number of nitrogens with one attached hydrogen (secondary N) is 1. The Morgan fingerprint density at radius 3 is 2.96 bits per heavy atom. The fourth-order valence-electron chi connectivity index (χ4n) is 3.28. The molecule has 8 nitrogen and oxygen atoms in total. The van der Waals surface area contributed by atoms with Crippen molar-refractivity contribution in [3.63, 3.8) is 0 Å². The number of aromatic nitrogens is 4. The van der Waals surface area contributed by atoms with Crippen LogP contribution < -0.4 is 5.69 Å². The van der Waals surface area contributed by atoms with Crippen molar-refractivity contribution in [3.8, 4) is 0 Å². The van der Waals surface area contributed by atoms with Crippen LogP contribution in [0.15, 0.2) is 46.5 Å². The molecule has 2 aromatic heterocycles. The fraction of sp³-hybridized carbons (Fsp3) is 0.312. The molecule has 3 aromatic rings. The first-order chi connectivity index (χ1) is 12.0. The van der Waals surface area contributed by atoms with E-state index in [1.165, 1.54) is 21.4 Å². The number of sulfonamides is 1. The van der Waals surface area contributed by atoms with E-state index in [9.17, 15) is 13.2 Å². The van der Waals surface area contributed by atoms with Gasteiger partial charge >= 0.3 is 5.69 Å². The summed E-state index contributed by atoms with van der Waals surface area (Å²) in [6, 6.07) is 6.60. The summed E-state index contributed by atoms with van der Waals surface area (Å²) in [6.45, 7) is 2.47. The molecule has 1 N–H and O–H groups in total. The number of nitrogens with zero attached hydrogens (tertiary/aromatic N) is 4. The Bertz CT molecular complexity index is 1100. The van der Waals surface area contributed by atoms with Crippen molar-refractivity contribution in [1.29, 1.82) is 0 Å². The standard InChI is InChI=1S/C16H17N5O3S/c1-11-3-2-4-13(7-11)25(23,24)20-6-5-12(9-20)21-15-14(19-16(21)22)8-17-10-18-15/h2-4,7-8,10,12H,5-6,9H2,1H3,(H,19,22). The molecular weight excluding hydrogens is 342 g/mol. The van der Waals surface area contributed by atoms with Gasteiger partial charge in [0.05, 0.1) is 17.1 Å². The maximum Gasteiger partial charge on any atom is 0.328 e. The second-order valence-electron chi connectivity index (χ2n) is 6.18. The monoisotopic (exact) mass is 359 g/mol. The number of benzene rings is 1. The molecule has 1 fully saturated rings. The third-order valence-corrected chi connectivity index (χ3v) is 6.36. The molecule has 1 atom stereocenters. The van der Waals surface area contributed by atoms with Crippen LogP contribution in [0.25, 0.3) is 11.2 Å². The largest absolute Gasteiger partial charge is 0.328 e. The lowest BCUT2D eigenvalue weighted by atomic mass is 10.2. The van der Waals surface area contributed by atoms with Gasteiger partial charge in [0.2, 0.25) is 10.0 Å². The predicted octanol–water partition coefficient (Wildman–Crippen LogP) is 1.06. The molecule has 9 heteroatoms. The number of imidazole rings is 1. The second kappa shape index (κ2) is 5.78. The maximum absolute atomic E-state index is 12.9. The molecule has 4 rings (SSSR count). The van der Waals surface area contributed by atoms with E-state index < -0.39 is 10.0 Å². The molecule has 130 valence electrons. The predicted molar refractivity (Wildman–Crippen MR) is 91.7 cm³/mol. The molecule has 0 spiro atoms. The van der Waals surface area contributed by atoms with Crippen molar-refractivity contribution >= 4 is 21.2 Å². The third-order valence-electron chi connectivity index (χ3n) is 4.50.